The number of ether oxygens (including phenoxy) is 1. The Morgan fingerprint density at radius 3 is 2.27 bits per heavy atom. The topological polar surface area (TPSA) is 49.9 Å². The predicted octanol–water partition coefficient (Wildman–Crippen LogP) is 6.65. The number of nitrogens with zero attached hydrogens (tertiary/aromatic N) is 2. The largest absolute Gasteiger partial charge is 0.493 e. The Labute approximate surface area is 227 Å². The molecule has 37 heavy (non-hydrogen) atoms. The van der Waals surface area contributed by atoms with Crippen molar-refractivity contribution in [3.63, 3.8) is 0 Å². The lowest BCUT2D eigenvalue weighted by Crippen LogP contribution is -2.51. The number of aryl methyl sites for hydroxylation is 1. The lowest BCUT2D eigenvalue weighted by Gasteiger charge is -2.43. The van der Waals surface area contributed by atoms with Gasteiger partial charge < -0.3 is 14.5 Å². The molecule has 0 aliphatic carbocycles. The monoisotopic (exact) mass is 524 g/mol. The molecule has 200 valence electrons. The highest BCUT2D eigenvalue weighted by atomic mass is 35.5. The zero-order valence-electron chi connectivity index (χ0n) is 22.8. The van der Waals surface area contributed by atoms with Gasteiger partial charge in [0.1, 0.15) is 5.75 Å². The maximum Gasteiger partial charge on any atom is 0.253 e. The lowest BCUT2D eigenvalue weighted by molar-refractivity contribution is -0.136. The van der Waals surface area contributed by atoms with Gasteiger partial charge in [-0.15, -0.1) is 0 Å². The summed E-state index contributed by atoms with van der Waals surface area (Å²) >= 11 is 6.21. The van der Waals surface area contributed by atoms with Crippen molar-refractivity contribution >= 4 is 23.4 Å². The summed E-state index contributed by atoms with van der Waals surface area (Å²) in [6, 6.07) is 13.6. The highest BCUT2D eigenvalue weighted by Gasteiger charge is 2.41. The van der Waals surface area contributed by atoms with Gasteiger partial charge in [-0.05, 0) is 85.9 Å². The second kappa shape index (κ2) is 11.5. The van der Waals surface area contributed by atoms with Crippen molar-refractivity contribution in [2.24, 2.45) is 5.41 Å². The third-order valence-corrected chi connectivity index (χ3v) is 8.28. The van der Waals surface area contributed by atoms with Gasteiger partial charge >= 0.3 is 0 Å². The molecule has 2 aromatic rings. The van der Waals surface area contributed by atoms with Crippen molar-refractivity contribution in [1.29, 1.82) is 0 Å². The molecule has 4 rings (SSSR count). The molecular weight excluding hydrogens is 484 g/mol. The Kier molecular flexibility index (Phi) is 8.52. The van der Waals surface area contributed by atoms with Crippen molar-refractivity contribution in [3.05, 3.63) is 64.2 Å². The van der Waals surface area contributed by atoms with Crippen LogP contribution in [-0.2, 0) is 10.2 Å². The van der Waals surface area contributed by atoms with Crippen molar-refractivity contribution < 1.29 is 14.3 Å². The van der Waals surface area contributed by atoms with Gasteiger partial charge in [-0.3, -0.25) is 9.59 Å². The van der Waals surface area contributed by atoms with Crippen LogP contribution >= 0.6 is 11.6 Å². The fourth-order valence-corrected chi connectivity index (χ4v) is 5.63. The van der Waals surface area contributed by atoms with Crippen LogP contribution in [0.4, 0.5) is 0 Å². The smallest absolute Gasteiger partial charge is 0.253 e. The first-order chi connectivity index (χ1) is 17.6. The van der Waals surface area contributed by atoms with E-state index in [1.165, 1.54) is 12.0 Å². The maximum atomic E-state index is 13.6. The number of amides is 2. The van der Waals surface area contributed by atoms with Gasteiger partial charge in [0.25, 0.3) is 5.91 Å². The Morgan fingerprint density at radius 1 is 0.946 bits per heavy atom. The normalized spacial score (nSPS) is 20.6. The molecule has 2 aliphatic heterocycles. The van der Waals surface area contributed by atoms with Gasteiger partial charge in [-0.1, -0.05) is 44.5 Å². The first kappa shape index (κ1) is 27.5. The molecule has 2 heterocycles. The van der Waals surface area contributed by atoms with Gasteiger partial charge in [-0.2, -0.15) is 0 Å². The molecule has 0 bridgehead atoms. The maximum absolute atomic E-state index is 13.6. The van der Waals surface area contributed by atoms with Crippen LogP contribution in [0.3, 0.4) is 0 Å². The average molecular weight is 525 g/mol. The molecule has 2 aromatic carbocycles. The molecule has 1 atom stereocenters. The number of hydrogen-bond donors (Lipinski definition) is 0. The van der Waals surface area contributed by atoms with Gasteiger partial charge in [0.05, 0.1) is 6.61 Å². The highest BCUT2D eigenvalue weighted by Crippen LogP contribution is 2.37. The number of hydrogen-bond acceptors (Lipinski definition) is 3. The van der Waals surface area contributed by atoms with E-state index in [0.29, 0.717) is 36.7 Å². The minimum absolute atomic E-state index is 0.0253. The standard InChI is InChI=1S/C31H41ClN2O3/c1-23-19-26(13-14-27(23)32)37-22-31(20-28(35)33-16-6-5-7-17-33)15-8-18-34(21-31)29(36)24-9-11-25(12-10-24)30(2,3)4/h9-14,19H,5-8,15-18,20-22H2,1-4H3. The summed E-state index contributed by atoms with van der Waals surface area (Å²) in [4.78, 5) is 30.9. The van der Waals surface area contributed by atoms with Crippen LogP contribution < -0.4 is 4.74 Å². The van der Waals surface area contributed by atoms with Crippen LogP contribution in [0.1, 0.15) is 80.8 Å². The van der Waals surface area contributed by atoms with Gasteiger partial charge in [0, 0.05) is 48.6 Å². The molecule has 2 saturated heterocycles. The molecule has 2 amide bonds. The van der Waals surface area contributed by atoms with Gasteiger partial charge in [0.15, 0.2) is 0 Å². The second-order valence-electron chi connectivity index (χ2n) is 12.0. The Balaban J connectivity index is 1.53. The first-order valence-corrected chi connectivity index (χ1v) is 14.0. The summed E-state index contributed by atoms with van der Waals surface area (Å²) in [6.07, 6.45) is 5.41. The number of carbonyl (C=O) groups excluding carboxylic acids is 2. The van der Waals surface area contributed by atoms with Crippen LogP contribution in [0.15, 0.2) is 42.5 Å². The third kappa shape index (κ3) is 6.87. The van der Waals surface area contributed by atoms with E-state index in [9.17, 15) is 9.59 Å². The number of rotatable bonds is 6. The Morgan fingerprint density at radius 2 is 1.62 bits per heavy atom. The summed E-state index contributed by atoms with van der Waals surface area (Å²) in [5.41, 5.74) is 2.46. The van der Waals surface area contributed by atoms with Crippen LogP contribution in [0.5, 0.6) is 5.75 Å². The van der Waals surface area contributed by atoms with Crippen molar-refractivity contribution in [3.8, 4) is 5.75 Å². The van der Waals surface area contributed by atoms with Gasteiger partial charge in [0.2, 0.25) is 5.91 Å². The number of piperidine rings is 2. The van der Waals surface area contributed by atoms with Crippen LogP contribution in [0.25, 0.3) is 0 Å². The quantitative estimate of drug-likeness (QED) is 0.425. The van der Waals surface area contributed by atoms with E-state index < -0.39 is 5.41 Å². The molecule has 1 unspecified atom stereocenters. The highest BCUT2D eigenvalue weighted by molar-refractivity contribution is 6.31. The summed E-state index contributed by atoms with van der Waals surface area (Å²) in [5.74, 6) is 0.949. The summed E-state index contributed by atoms with van der Waals surface area (Å²) in [6.45, 7) is 11.7. The summed E-state index contributed by atoms with van der Waals surface area (Å²) in [7, 11) is 0. The average Bonchev–Trinajstić information content (AvgIpc) is 2.89. The number of likely N-dealkylation sites (tertiary alicyclic amines) is 2. The minimum atomic E-state index is -0.429. The molecule has 5 nitrogen and oxygen atoms in total. The summed E-state index contributed by atoms with van der Waals surface area (Å²) in [5, 5.41) is 0.703. The Bertz CT molecular complexity index is 1100. The third-order valence-electron chi connectivity index (χ3n) is 7.86. The van der Waals surface area contributed by atoms with E-state index in [1.807, 2.05) is 47.1 Å². The van der Waals surface area contributed by atoms with Crippen LogP contribution in [0.2, 0.25) is 5.02 Å². The predicted molar refractivity (Wildman–Crippen MR) is 149 cm³/mol. The van der Waals surface area contributed by atoms with E-state index >= 15 is 0 Å². The fraction of sp³-hybridized carbons (Fsp3) is 0.548. The number of benzene rings is 2. The molecule has 2 aliphatic rings. The van der Waals surface area contributed by atoms with Crippen LogP contribution in [-0.4, -0.2) is 54.4 Å². The van der Waals surface area contributed by atoms with E-state index in [0.717, 1.165) is 50.1 Å². The minimum Gasteiger partial charge on any atom is -0.493 e. The molecule has 6 heteroatoms. The zero-order chi connectivity index (χ0) is 26.6. The molecule has 0 spiro atoms. The van der Waals surface area contributed by atoms with E-state index in [4.69, 9.17) is 16.3 Å². The van der Waals surface area contributed by atoms with Gasteiger partial charge in [-0.25, -0.2) is 0 Å². The summed E-state index contributed by atoms with van der Waals surface area (Å²) < 4.78 is 6.29. The molecule has 0 aromatic heterocycles. The Hall–Kier alpha value is -2.53. The molecule has 0 radical (unpaired) electrons. The van der Waals surface area contributed by atoms with Crippen molar-refractivity contribution in [2.75, 3.05) is 32.8 Å². The van der Waals surface area contributed by atoms with E-state index in [1.54, 1.807) is 0 Å². The lowest BCUT2D eigenvalue weighted by atomic mass is 9.77. The van der Waals surface area contributed by atoms with Crippen molar-refractivity contribution in [1.82, 2.24) is 9.80 Å². The molecule has 0 saturated carbocycles. The number of carbonyl (C=O) groups is 2. The van der Waals surface area contributed by atoms with Crippen molar-refractivity contribution in [2.45, 2.75) is 71.6 Å². The zero-order valence-corrected chi connectivity index (χ0v) is 23.6. The molecule has 2 fully saturated rings. The molecule has 0 N–H and O–H groups in total. The second-order valence-corrected chi connectivity index (χ2v) is 12.4. The van der Waals surface area contributed by atoms with E-state index in [-0.39, 0.29) is 17.2 Å². The molecular formula is C31H41ClN2O3. The first-order valence-electron chi connectivity index (χ1n) is 13.6. The van der Waals surface area contributed by atoms with E-state index in [2.05, 4.69) is 32.9 Å². The van der Waals surface area contributed by atoms with Crippen LogP contribution in [0, 0.1) is 12.3 Å². The SMILES string of the molecule is Cc1cc(OCC2(CC(=O)N3CCCCC3)CCCN(C(=O)c3ccc(C(C)(C)C)cc3)C2)ccc1Cl. The number of halogens is 1. The fourth-order valence-electron chi connectivity index (χ4n) is 5.51.